The van der Waals surface area contributed by atoms with Gasteiger partial charge in [-0.2, -0.15) is 10.2 Å². The van der Waals surface area contributed by atoms with Crippen molar-refractivity contribution in [3.8, 4) is 16.9 Å². The predicted octanol–water partition coefficient (Wildman–Crippen LogP) is 4.47. The Labute approximate surface area is 199 Å². The van der Waals surface area contributed by atoms with Crippen molar-refractivity contribution in [2.45, 2.75) is 6.54 Å². The lowest BCUT2D eigenvalue weighted by Gasteiger charge is -2.02. The van der Waals surface area contributed by atoms with E-state index in [-0.39, 0.29) is 5.56 Å². The number of aromatic carboxylic acids is 1. The summed E-state index contributed by atoms with van der Waals surface area (Å²) in [5.74, 6) is -1.01. The number of nitrogens with zero attached hydrogens (tertiary/aromatic N) is 3. The SMILES string of the molecule is O=C(O)c1ccc(-n2cc(/C=N/NCc3ccccc3)c(-c3cc4ccccc4oc3=O)n2)cc1. The Hall–Kier alpha value is -4.98. The maximum absolute atomic E-state index is 12.8. The highest BCUT2D eigenvalue weighted by Crippen LogP contribution is 2.24. The van der Waals surface area contributed by atoms with Crippen LogP contribution in [0.1, 0.15) is 21.5 Å². The highest BCUT2D eigenvalue weighted by molar-refractivity contribution is 5.91. The number of fused-ring (bicyclic) bond motifs is 1. The molecule has 2 heterocycles. The van der Waals surface area contributed by atoms with E-state index in [1.165, 1.54) is 12.1 Å². The number of nitrogens with one attached hydrogen (secondary N) is 1. The van der Waals surface area contributed by atoms with Gasteiger partial charge in [-0.05, 0) is 42.0 Å². The van der Waals surface area contributed by atoms with Crippen LogP contribution in [-0.4, -0.2) is 27.1 Å². The number of benzene rings is 3. The second-order valence-corrected chi connectivity index (χ2v) is 7.79. The summed E-state index contributed by atoms with van der Waals surface area (Å²) in [7, 11) is 0. The van der Waals surface area contributed by atoms with Crippen molar-refractivity contribution >= 4 is 23.2 Å². The van der Waals surface area contributed by atoms with Gasteiger partial charge in [-0.3, -0.25) is 0 Å². The molecule has 0 aliphatic carbocycles. The number of hydrogen-bond acceptors (Lipinski definition) is 6. The van der Waals surface area contributed by atoms with Gasteiger partial charge in [-0.1, -0.05) is 48.5 Å². The molecule has 0 bridgehead atoms. The lowest BCUT2D eigenvalue weighted by Crippen LogP contribution is -2.07. The largest absolute Gasteiger partial charge is 0.478 e. The molecule has 8 nitrogen and oxygen atoms in total. The average molecular weight is 464 g/mol. The van der Waals surface area contributed by atoms with Crippen LogP contribution in [0.15, 0.2) is 105 Å². The van der Waals surface area contributed by atoms with Crippen LogP contribution >= 0.6 is 0 Å². The summed E-state index contributed by atoms with van der Waals surface area (Å²) >= 11 is 0. The summed E-state index contributed by atoms with van der Waals surface area (Å²) in [6.07, 6.45) is 3.33. The van der Waals surface area contributed by atoms with Gasteiger partial charge < -0.3 is 14.9 Å². The summed E-state index contributed by atoms with van der Waals surface area (Å²) in [5, 5.41) is 18.9. The highest BCUT2D eigenvalue weighted by atomic mass is 16.4. The average Bonchev–Trinajstić information content (AvgIpc) is 3.31. The van der Waals surface area contributed by atoms with Gasteiger partial charge >= 0.3 is 11.6 Å². The summed E-state index contributed by atoms with van der Waals surface area (Å²) in [4.78, 5) is 24.0. The number of carbonyl (C=O) groups is 1. The molecular formula is C27H20N4O4. The molecule has 0 unspecified atom stereocenters. The lowest BCUT2D eigenvalue weighted by molar-refractivity contribution is 0.0697. The zero-order valence-electron chi connectivity index (χ0n) is 18.5. The Kier molecular flexibility index (Phi) is 5.92. The zero-order chi connectivity index (χ0) is 24.2. The van der Waals surface area contributed by atoms with Crippen LogP contribution in [0.5, 0.6) is 0 Å². The van der Waals surface area contributed by atoms with E-state index < -0.39 is 11.6 Å². The Morgan fingerprint density at radius 1 is 1.03 bits per heavy atom. The van der Waals surface area contributed by atoms with Crippen molar-refractivity contribution in [2.24, 2.45) is 5.10 Å². The maximum Gasteiger partial charge on any atom is 0.345 e. The van der Waals surface area contributed by atoms with E-state index in [1.807, 2.05) is 42.5 Å². The van der Waals surface area contributed by atoms with E-state index in [9.17, 15) is 14.7 Å². The molecule has 0 saturated carbocycles. The van der Waals surface area contributed by atoms with Crippen molar-refractivity contribution in [3.05, 3.63) is 118 Å². The van der Waals surface area contributed by atoms with Crippen LogP contribution in [0, 0.1) is 0 Å². The normalized spacial score (nSPS) is 11.2. The third-order valence-corrected chi connectivity index (χ3v) is 5.44. The van der Waals surface area contributed by atoms with E-state index in [4.69, 9.17) is 4.42 Å². The first kappa shape index (κ1) is 21.8. The van der Waals surface area contributed by atoms with Crippen LogP contribution < -0.4 is 11.1 Å². The van der Waals surface area contributed by atoms with Crippen LogP contribution in [0.4, 0.5) is 0 Å². The van der Waals surface area contributed by atoms with E-state index in [0.29, 0.717) is 34.6 Å². The second kappa shape index (κ2) is 9.48. The number of aromatic nitrogens is 2. The molecule has 5 aromatic rings. The molecule has 8 heteroatoms. The summed E-state index contributed by atoms with van der Waals surface area (Å²) in [5.41, 5.74) is 6.16. The fourth-order valence-corrected chi connectivity index (χ4v) is 3.66. The summed E-state index contributed by atoms with van der Waals surface area (Å²) < 4.78 is 7.09. The number of carboxylic acid groups (broad SMARTS) is 1. The van der Waals surface area contributed by atoms with Crippen LogP contribution in [0.3, 0.4) is 0 Å². The predicted molar refractivity (Wildman–Crippen MR) is 133 cm³/mol. The van der Waals surface area contributed by atoms with Crippen molar-refractivity contribution in [3.63, 3.8) is 0 Å². The Balaban J connectivity index is 1.53. The van der Waals surface area contributed by atoms with Gasteiger partial charge in [0.2, 0.25) is 0 Å². The van der Waals surface area contributed by atoms with Gasteiger partial charge in [-0.25, -0.2) is 14.3 Å². The first-order valence-corrected chi connectivity index (χ1v) is 10.8. The smallest absolute Gasteiger partial charge is 0.345 e. The minimum atomic E-state index is -1.01. The number of rotatable bonds is 7. The third-order valence-electron chi connectivity index (χ3n) is 5.44. The highest BCUT2D eigenvalue weighted by Gasteiger charge is 2.17. The van der Waals surface area contributed by atoms with Crippen molar-refractivity contribution in [2.75, 3.05) is 0 Å². The zero-order valence-corrected chi connectivity index (χ0v) is 18.5. The quantitative estimate of drug-likeness (QED) is 0.209. The van der Waals surface area contributed by atoms with E-state index in [1.54, 1.807) is 47.4 Å². The fourth-order valence-electron chi connectivity index (χ4n) is 3.66. The summed E-state index contributed by atoms with van der Waals surface area (Å²) in [6, 6.07) is 25.2. The van der Waals surface area contributed by atoms with Crippen molar-refractivity contribution in [1.29, 1.82) is 0 Å². The molecule has 0 fully saturated rings. The molecular weight excluding hydrogens is 444 g/mol. The second-order valence-electron chi connectivity index (χ2n) is 7.79. The number of hydrazone groups is 1. The monoisotopic (exact) mass is 464 g/mol. The first-order chi connectivity index (χ1) is 17.1. The number of para-hydroxylation sites is 1. The minimum Gasteiger partial charge on any atom is -0.478 e. The molecule has 0 amide bonds. The Morgan fingerprint density at radius 2 is 1.77 bits per heavy atom. The molecule has 172 valence electrons. The van der Waals surface area contributed by atoms with Crippen molar-refractivity contribution < 1.29 is 14.3 Å². The van der Waals surface area contributed by atoms with Crippen molar-refractivity contribution in [1.82, 2.24) is 15.2 Å². The van der Waals surface area contributed by atoms with Gasteiger partial charge in [-0.15, -0.1) is 0 Å². The molecule has 35 heavy (non-hydrogen) atoms. The van der Waals surface area contributed by atoms with E-state index in [2.05, 4.69) is 15.6 Å². The molecule has 2 N–H and O–H groups in total. The van der Waals surface area contributed by atoms with Gasteiger partial charge in [0, 0.05) is 17.1 Å². The Bertz CT molecular complexity index is 1590. The fraction of sp³-hybridized carbons (Fsp3) is 0.0370. The van der Waals surface area contributed by atoms with Gasteiger partial charge in [0.1, 0.15) is 11.3 Å². The molecule has 0 aliphatic rings. The van der Waals surface area contributed by atoms with Gasteiger partial charge in [0.25, 0.3) is 0 Å². The third kappa shape index (κ3) is 4.72. The first-order valence-electron chi connectivity index (χ1n) is 10.8. The molecule has 0 aliphatic heterocycles. The maximum atomic E-state index is 12.8. The van der Waals surface area contributed by atoms with Crippen LogP contribution in [0.2, 0.25) is 0 Å². The lowest BCUT2D eigenvalue weighted by atomic mass is 10.1. The molecule has 5 rings (SSSR count). The summed E-state index contributed by atoms with van der Waals surface area (Å²) in [6.45, 7) is 0.537. The van der Waals surface area contributed by atoms with E-state index in [0.717, 1.165) is 10.9 Å². The molecule has 0 saturated heterocycles. The molecule has 0 atom stereocenters. The topological polar surface area (TPSA) is 110 Å². The van der Waals surface area contributed by atoms with Crippen LogP contribution in [-0.2, 0) is 6.54 Å². The number of carboxylic acids is 1. The van der Waals surface area contributed by atoms with E-state index >= 15 is 0 Å². The molecule has 3 aromatic carbocycles. The Morgan fingerprint density at radius 3 is 2.54 bits per heavy atom. The van der Waals surface area contributed by atoms with Gasteiger partial charge in [0.05, 0.1) is 29.6 Å². The minimum absolute atomic E-state index is 0.170. The molecule has 0 spiro atoms. The standard InChI is InChI=1S/C27H20N4O4/c32-26(33)19-10-12-22(13-11-19)31-17-21(16-29-28-15-18-6-2-1-3-7-18)25(30-31)23-14-20-8-4-5-9-24(20)35-27(23)34/h1-14,16-17,28H,15H2,(H,32,33)/b29-16+. The van der Waals surface area contributed by atoms with Gasteiger partial charge in [0.15, 0.2) is 0 Å². The molecule has 2 aromatic heterocycles. The molecule has 0 radical (unpaired) electrons. The van der Waals surface area contributed by atoms with Crippen LogP contribution in [0.25, 0.3) is 27.9 Å². The number of hydrogen-bond donors (Lipinski definition) is 2.